The largest absolute Gasteiger partial charge is 0.484 e. The van der Waals surface area contributed by atoms with E-state index in [2.05, 4.69) is 21.2 Å². The van der Waals surface area contributed by atoms with Crippen LogP contribution in [0.4, 0.5) is 0 Å². The SMILES string of the molecule is CNC(=O)[C@@H](Cc1ccccc1)N(Cc1cccc(Br)c1)C(=O)COc1cc(C)c(Cl)c(C)c1. The molecule has 5 nitrogen and oxygen atoms in total. The first-order chi connectivity index (χ1) is 16.3. The lowest BCUT2D eigenvalue weighted by molar-refractivity contribution is -0.142. The number of halogens is 2. The molecule has 1 atom stereocenters. The normalized spacial score (nSPS) is 11.6. The molecule has 3 aromatic carbocycles. The first-order valence-corrected chi connectivity index (χ1v) is 12.1. The summed E-state index contributed by atoms with van der Waals surface area (Å²) in [6, 6.07) is 20.3. The third kappa shape index (κ3) is 6.84. The van der Waals surface area contributed by atoms with Crippen molar-refractivity contribution < 1.29 is 14.3 Å². The Hall–Kier alpha value is -2.83. The van der Waals surface area contributed by atoms with Gasteiger partial charge in [0.15, 0.2) is 6.61 Å². The van der Waals surface area contributed by atoms with E-state index < -0.39 is 6.04 Å². The van der Waals surface area contributed by atoms with E-state index in [-0.39, 0.29) is 25.0 Å². The maximum atomic E-state index is 13.5. The second-order valence-corrected chi connectivity index (χ2v) is 9.42. The average Bonchev–Trinajstić information content (AvgIpc) is 2.83. The van der Waals surface area contributed by atoms with Crippen LogP contribution in [-0.4, -0.2) is 36.4 Å². The van der Waals surface area contributed by atoms with Crippen molar-refractivity contribution in [1.82, 2.24) is 10.2 Å². The number of carbonyl (C=O) groups excluding carboxylic acids is 2. The highest BCUT2D eigenvalue weighted by atomic mass is 79.9. The third-order valence-corrected chi connectivity index (χ3v) is 6.62. The molecule has 1 N–H and O–H groups in total. The molecule has 0 spiro atoms. The highest BCUT2D eigenvalue weighted by Crippen LogP contribution is 2.26. The van der Waals surface area contributed by atoms with Crippen LogP contribution in [0, 0.1) is 13.8 Å². The summed E-state index contributed by atoms with van der Waals surface area (Å²) in [6.45, 7) is 3.86. The second-order valence-electron chi connectivity index (χ2n) is 8.13. The summed E-state index contributed by atoms with van der Waals surface area (Å²) in [5.41, 5.74) is 3.63. The van der Waals surface area contributed by atoms with Gasteiger partial charge in [-0.05, 0) is 60.4 Å². The van der Waals surface area contributed by atoms with Gasteiger partial charge in [0.1, 0.15) is 11.8 Å². The Balaban J connectivity index is 1.89. The monoisotopic (exact) mass is 542 g/mol. The van der Waals surface area contributed by atoms with Crippen LogP contribution < -0.4 is 10.1 Å². The number of rotatable bonds is 9. The highest BCUT2D eigenvalue weighted by molar-refractivity contribution is 9.10. The minimum atomic E-state index is -0.698. The summed E-state index contributed by atoms with van der Waals surface area (Å²) >= 11 is 9.74. The van der Waals surface area contributed by atoms with Crippen molar-refractivity contribution in [3.63, 3.8) is 0 Å². The molecule has 0 saturated heterocycles. The summed E-state index contributed by atoms with van der Waals surface area (Å²) in [4.78, 5) is 28.0. The van der Waals surface area contributed by atoms with Crippen LogP contribution in [0.5, 0.6) is 5.75 Å². The fraction of sp³-hybridized carbons (Fsp3) is 0.259. The molecule has 0 unspecified atom stereocenters. The summed E-state index contributed by atoms with van der Waals surface area (Å²) in [5, 5.41) is 3.39. The van der Waals surface area contributed by atoms with Crippen molar-refractivity contribution in [2.24, 2.45) is 0 Å². The molecule has 0 saturated carbocycles. The number of ether oxygens (including phenoxy) is 1. The first-order valence-electron chi connectivity index (χ1n) is 11.0. The van der Waals surface area contributed by atoms with Crippen LogP contribution in [-0.2, 0) is 22.6 Å². The number of amides is 2. The number of nitrogens with zero attached hydrogens (tertiary/aromatic N) is 1. The molecule has 0 radical (unpaired) electrons. The van der Waals surface area contributed by atoms with Gasteiger partial charge >= 0.3 is 0 Å². The van der Waals surface area contributed by atoms with E-state index in [1.807, 2.05) is 80.6 Å². The Bertz CT molecular complexity index is 1130. The molecule has 7 heteroatoms. The van der Waals surface area contributed by atoms with E-state index in [1.165, 1.54) is 0 Å². The van der Waals surface area contributed by atoms with Gasteiger partial charge in [-0.25, -0.2) is 0 Å². The minimum absolute atomic E-state index is 0.198. The van der Waals surface area contributed by atoms with Crippen LogP contribution in [0.1, 0.15) is 22.3 Å². The Morgan fingerprint density at radius 3 is 2.26 bits per heavy atom. The van der Waals surface area contributed by atoms with Gasteiger partial charge < -0.3 is 15.0 Å². The molecule has 0 fully saturated rings. The lowest BCUT2D eigenvalue weighted by atomic mass is 10.0. The molecule has 0 aliphatic carbocycles. The Morgan fingerprint density at radius 2 is 1.65 bits per heavy atom. The van der Waals surface area contributed by atoms with Gasteiger partial charge in [-0.3, -0.25) is 9.59 Å². The molecule has 3 aromatic rings. The van der Waals surface area contributed by atoms with Gasteiger partial charge in [-0.2, -0.15) is 0 Å². The van der Waals surface area contributed by atoms with Crippen LogP contribution >= 0.6 is 27.5 Å². The molecular formula is C27H28BrClN2O3. The highest BCUT2D eigenvalue weighted by Gasteiger charge is 2.30. The second kappa shape index (κ2) is 12.0. The van der Waals surface area contributed by atoms with Gasteiger partial charge in [0.05, 0.1) is 0 Å². The maximum Gasteiger partial charge on any atom is 0.261 e. The predicted molar refractivity (Wildman–Crippen MR) is 139 cm³/mol. The van der Waals surface area contributed by atoms with Gasteiger partial charge in [0.25, 0.3) is 5.91 Å². The molecule has 3 rings (SSSR count). The van der Waals surface area contributed by atoms with Crippen LogP contribution in [0.15, 0.2) is 71.2 Å². The van der Waals surface area contributed by atoms with Crippen molar-refractivity contribution in [2.45, 2.75) is 32.9 Å². The fourth-order valence-corrected chi connectivity index (χ4v) is 4.33. The van der Waals surface area contributed by atoms with E-state index in [0.29, 0.717) is 17.2 Å². The predicted octanol–water partition coefficient (Wildman–Crippen LogP) is 5.48. The fourth-order valence-electron chi connectivity index (χ4n) is 3.77. The smallest absolute Gasteiger partial charge is 0.261 e. The maximum absolute atomic E-state index is 13.5. The Labute approximate surface area is 214 Å². The summed E-state index contributed by atoms with van der Waals surface area (Å²) in [5.74, 6) is 0.0508. The zero-order chi connectivity index (χ0) is 24.7. The van der Waals surface area contributed by atoms with E-state index in [1.54, 1.807) is 11.9 Å². The third-order valence-electron chi connectivity index (χ3n) is 5.53. The number of aryl methyl sites for hydroxylation is 2. The Kier molecular flexibility index (Phi) is 9.13. The van der Waals surface area contributed by atoms with Gasteiger partial charge in [-0.1, -0.05) is 70.0 Å². The van der Waals surface area contributed by atoms with Crippen molar-refractivity contribution in [1.29, 1.82) is 0 Å². The lowest BCUT2D eigenvalue weighted by Gasteiger charge is -2.31. The van der Waals surface area contributed by atoms with Crippen molar-refractivity contribution in [2.75, 3.05) is 13.7 Å². The van der Waals surface area contributed by atoms with E-state index in [9.17, 15) is 9.59 Å². The Morgan fingerprint density at radius 1 is 1.00 bits per heavy atom. The van der Waals surface area contributed by atoms with Gasteiger partial charge in [0, 0.05) is 29.5 Å². The van der Waals surface area contributed by atoms with Gasteiger partial charge in [0.2, 0.25) is 5.91 Å². The number of hydrogen-bond donors (Lipinski definition) is 1. The van der Waals surface area contributed by atoms with Crippen LogP contribution in [0.3, 0.4) is 0 Å². The molecule has 0 aliphatic rings. The molecule has 0 aliphatic heterocycles. The zero-order valence-corrected chi connectivity index (χ0v) is 21.8. The molecular weight excluding hydrogens is 516 g/mol. The number of nitrogens with one attached hydrogen (secondary N) is 1. The number of likely N-dealkylation sites (N-methyl/N-ethyl adjacent to an activating group) is 1. The molecule has 2 amide bonds. The number of hydrogen-bond acceptors (Lipinski definition) is 3. The summed E-state index contributed by atoms with van der Waals surface area (Å²) in [6.07, 6.45) is 0.388. The zero-order valence-electron chi connectivity index (χ0n) is 19.5. The molecule has 0 aromatic heterocycles. The first kappa shape index (κ1) is 25.8. The minimum Gasteiger partial charge on any atom is -0.484 e. The summed E-state index contributed by atoms with van der Waals surface area (Å²) < 4.78 is 6.75. The van der Waals surface area contributed by atoms with E-state index >= 15 is 0 Å². The van der Waals surface area contributed by atoms with Crippen molar-refractivity contribution in [3.8, 4) is 5.75 Å². The van der Waals surface area contributed by atoms with Crippen LogP contribution in [0.2, 0.25) is 5.02 Å². The van der Waals surface area contributed by atoms with Crippen LogP contribution in [0.25, 0.3) is 0 Å². The standard InChI is InChI=1S/C27H28BrClN2O3/c1-18-12-23(13-19(2)26(18)29)34-17-25(32)31(16-21-10-7-11-22(28)14-21)24(27(33)30-3)15-20-8-5-4-6-9-20/h4-14,24H,15-17H2,1-3H3,(H,30,33)/t24-/m1/s1. The van der Waals surface area contributed by atoms with E-state index in [0.717, 1.165) is 26.7 Å². The number of carbonyl (C=O) groups is 2. The number of benzene rings is 3. The van der Waals surface area contributed by atoms with Crippen molar-refractivity contribution >= 4 is 39.3 Å². The topological polar surface area (TPSA) is 58.6 Å². The molecule has 178 valence electrons. The average molecular weight is 544 g/mol. The lowest BCUT2D eigenvalue weighted by Crippen LogP contribution is -2.51. The molecule has 34 heavy (non-hydrogen) atoms. The van der Waals surface area contributed by atoms with E-state index in [4.69, 9.17) is 16.3 Å². The quantitative estimate of drug-likeness (QED) is 0.389. The van der Waals surface area contributed by atoms with Gasteiger partial charge in [-0.15, -0.1) is 0 Å². The van der Waals surface area contributed by atoms with Crippen molar-refractivity contribution in [3.05, 3.63) is 98.5 Å². The molecule has 0 heterocycles. The summed E-state index contributed by atoms with van der Waals surface area (Å²) in [7, 11) is 1.58. The molecule has 0 bridgehead atoms.